The zero-order valence-electron chi connectivity index (χ0n) is 17.2. The second kappa shape index (κ2) is 7.99. The molecule has 154 valence electrons. The summed E-state index contributed by atoms with van der Waals surface area (Å²) in [5.74, 6) is 1.30. The van der Waals surface area contributed by atoms with Crippen LogP contribution in [-0.2, 0) is 11.2 Å². The fourth-order valence-electron chi connectivity index (χ4n) is 3.57. The molecular formula is C23H23N3O4. The molecule has 1 heterocycles. The molecule has 30 heavy (non-hydrogen) atoms. The van der Waals surface area contributed by atoms with Crippen LogP contribution in [0.4, 0.5) is 5.69 Å². The van der Waals surface area contributed by atoms with E-state index < -0.39 is 17.4 Å². The van der Waals surface area contributed by atoms with E-state index in [2.05, 4.69) is 16.2 Å². The van der Waals surface area contributed by atoms with E-state index in [9.17, 15) is 19.2 Å². The van der Waals surface area contributed by atoms with Gasteiger partial charge in [0.25, 0.3) is 11.5 Å². The number of likely N-dealkylation sites (N-methyl/N-ethyl adjacent to an activating group) is 1. The molecule has 7 nitrogen and oxygen atoms in total. The quantitative estimate of drug-likeness (QED) is 0.762. The number of anilines is 1. The largest absolute Gasteiger partial charge is 0.332 e. The SMILES string of the molecule is C#Cc1cccc(NC(=O)CN(C)C(=O)c2cc3c([nH]c2=O)CC(C)(C)CC3=O)c1. The van der Waals surface area contributed by atoms with E-state index in [4.69, 9.17) is 6.42 Å². The number of H-pyrrole nitrogens is 1. The topological polar surface area (TPSA) is 99.3 Å². The average molecular weight is 405 g/mol. The van der Waals surface area contributed by atoms with E-state index >= 15 is 0 Å². The number of pyridine rings is 1. The third-order valence-electron chi connectivity index (χ3n) is 4.99. The fraction of sp³-hybridized carbons (Fsp3) is 0.304. The van der Waals surface area contributed by atoms with Crippen LogP contribution in [0, 0.1) is 17.8 Å². The van der Waals surface area contributed by atoms with Crippen molar-refractivity contribution in [2.45, 2.75) is 26.7 Å². The van der Waals surface area contributed by atoms with E-state index in [1.54, 1.807) is 24.3 Å². The van der Waals surface area contributed by atoms with Gasteiger partial charge in [0.1, 0.15) is 5.56 Å². The van der Waals surface area contributed by atoms with Crippen LogP contribution in [0.25, 0.3) is 0 Å². The van der Waals surface area contributed by atoms with Gasteiger partial charge in [0.15, 0.2) is 5.78 Å². The second-order valence-corrected chi connectivity index (χ2v) is 8.28. The Morgan fingerprint density at radius 2 is 1.97 bits per heavy atom. The predicted octanol–water partition coefficient (Wildman–Crippen LogP) is 2.22. The van der Waals surface area contributed by atoms with Crippen LogP contribution in [0.1, 0.15) is 52.2 Å². The Morgan fingerprint density at radius 3 is 2.67 bits per heavy atom. The van der Waals surface area contributed by atoms with Gasteiger partial charge in [0, 0.05) is 36.0 Å². The molecule has 0 fully saturated rings. The second-order valence-electron chi connectivity index (χ2n) is 8.28. The lowest BCUT2D eigenvalue weighted by Crippen LogP contribution is -2.39. The van der Waals surface area contributed by atoms with Crippen molar-refractivity contribution in [2.75, 3.05) is 18.9 Å². The predicted molar refractivity (Wildman–Crippen MR) is 113 cm³/mol. The maximum absolute atomic E-state index is 12.8. The summed E-state index contributed by atoms with van der Waals surface area (Å²) in [5, 5.41) is 2.67. The normalized spacial score (nSPS) is 14.4. The summed E-state index contributed by atoms with van der Waals surface area (Å²) >= 11 is 0. The summed E-state index contributed by atoms with van der Waals surface area (Å²) in [6.45, 7) is 3.64. The number of hydrogen-bond donors (Lipinski definition) is 2. The average Bonchev–Trinajstić information content (AvgIpc) is 2.66. The minimum absolute atomic E-state index is 0.111. The first-order valence-electron chi connectivity index (χ1n) is 9.51. The molecule has 3 rings (SSSR count). The highest BCUT2D eigenvalue weighted by Gasteiger charge is 2.33. The summed E-state index contributed by atoms with van der Waals surface area (Å²) in [5.41, 5.74) is 1.06. The molecule has 1 aliphatic rings. The lowest BCUT2D eigenvalue weighted by Gasteiger charge is -2.30. The fourth-order valence-corrected chi connectivity index (χ4v) is 3.57. The lowest BCUT2D eigenvalue weighted by molar-refractivity contribution is -0.116. The van der Waals surface area contributed by atoms with Gasteiger partial charge in [-0.15, -0.1) is 6.42 Å². The molecule has 2 aromatic rings. The van der Waals surface area contributed by atoms with Gasteiger partial charge in [-0.25, -0.2) is 0 Å². The number of amides is 2. The first kappa shape index (κ1) is 21.1. The molecule has 2 amide bonds. The highest BCUT2D eigenvalue weighted by Crippen LogP contribution is 2.33. The summed E-state index contributed by atoms with van der Waals surface area (Å²) in [6, 6.07) is 8.11. The maximum Gasteiger partial charge on any atom is 0.261 e. The first-order valence-corrected chi connectivity index (χ1v) is 9.51. The third kappa shape index (κ3) is 4.49. The van der Waals surface area contributed by atoms with Gasteiger partial charge in [0.05, 0.1) is 6.54 Å². The van der Waals surface area contributed by atoms with Crippen molar-refractivity contribution in [2.24, 2.45) is 5.41 Å². The van der Waals surface area contributed by atoms with Gasteiger partial charge < -0.3 is 15.2 Å². The number of ketones is 1. The maximum atomic E-state index is 12.8. The lowest BCUT2D eigenvalue weighted by atomic mass is 9.75. The third-order valence-corrected chi connectivity index (χ3v) is 4.99. The number of nitrogens with one attached hydrogen (secondary N) is 2. The molecule has 0 spiro atoms. The van der Waals surface area contributed by atoms with E-state index in [0.717, 1.165) is 4.90 Å². The number of hydrogen-bond acceptors (Lipinski definition) is 4. The standard InChI is InChI=1S/C23H23N3O4/c1-5-14-7-6-8-15(9-14)24-20(28)13-26(4)22(30)17-10-16-18(25-21(17)29)11-23(2,3)12-19(16)27/h1,6-10H,11-13H2,2-4H3,(H,24,28)(H,25,29). The van der Waals surface area contributed by atoms with Crippen LogP contribution in [0.15, 0.2) is 35.1 Å². The number of rotatable bonds is 4. The Balaban J connectivity index is 1.75. The number of benzene rings is 1. The number of carbonyl (C=O) groups excluding carboxylic acids is 3. The summed E-state index contributed by atoms with van der Waals surface area (Å²) in [4.78, 5) is 53.8. The van der Waals surface area contributed by atoms with E-state index in [1.165, 1.54) is 13.1 Å². The Kier molecular flexibility index (Phi) is 5.61. The number of Topliss-reactive ketones (excluding diaryl/α,β-unsaturated/α-hetero) is 1. The Bertz CT molecular complexity index is 1140. The number of fused-ring (bicyclic) bond motifs is 1. The molecule has 0 atom stereocenters. The van der Waals surface area contributed by atoms with Crippen molar-refractivity contribution < 1.29 is 14.4 Å². The van der Waals surface area contributed by atoms with Gasteiger partial charge in [-0.1, -0.05) is 25.8 Å². The minimum Gasteiger partial charge on any atom is -0.332 e. The molecule has 0 bridgehead atoms. The number of aromatic amines is 1. The highest BCUT2D eigenvalue weighted by molar-refractivity contribution is 6.03. The first-order chi connectivity index (χ1) is 14.1. The van der Waals surface area contributed by atoms with Gasteiger partial charge in [-0.2, -0.15) is 0 Å². The Labute approximate surface area is 174 Å². The van der Waals surface area contributed by atoms with Crippen LogP contribution in [0.2, 0.25) is 0 Å². The van der Waals surface area contributed by atoms with Crippen molar-refractivity contribution >= 4 is 23.3 Å². The zero-order valence-corrected chi connectivity index (χ0v) is 17.2. The van der Waals surface area contributed by atoms with Gasteiger partial charge >= 0.3 is 0 Å². The van der Waals surface area contributed by atoms with E-state index in [-0.39, 0.29) is 23.3 Å². The summed E-state index contributed by atoms with van der Waals surface area (Å²) in [6.07, 6.45) is 6.24. The van der Waals surface area contributed by atoms with Crippen molar-refractivity contribution in [3.05, 3.63) is 63.1 Å². The Morgan fingerprint density at radius 1 is 1.23 bits per heavy atom. The molecule has 0 saturated carbocycles. The smallest absolute Gasteiger partial charge is 0.261 e. The van der Waals surface area contributed by atoms with Crippen LogP contribution < -0.4 is 10.9 Å². The molecule has 0 aliphatic heterocycles. The monoisotopic (exact) mass is 405 g/mol. The minimum atomic E-state index is -0.635. The van der Waals surface area contributed by atoms with Gasteiger partial charge in [-0.3, -0.25) is 19.2 Å². The van der Waals surface area contributed by atoms with Crippen molar-refractivity contribution in [3.63, 3.8) is 0 Å². The van der Waals surface area contributed by atoms with Crippen molar-refractivity contribution in [1.82, 2.24) is 9.88 Å². The molecule has 1 aromatic heterocycles. The van der Waals surface area contributed by atoms with Crippen LogP contribution in [0.3, 0.4) is 0 Å². The number of carbonyl (C=O) groups is 3. The number of nitrogens with zero attached hydrogens (tertiary/aromatic N) is 1. The zero-order chi connectivity index (χ0) is 22.1. The molecule has 0 saturated heterocycles. The highest BCUT2D eigenvalue weighted by atomic mass is 16.2. The van der Waals surface area contributed by atoms with Gasteiger partial charge in [0.2, 0.25) is 5.91 Å². The number of aromatic nitrogens is 1. The molecule has 0 unspecified atom stereocenters. The molecule has 1 aromatic carbocycles. The van der Waals surface area contributed by atoms with Crippen LogP contribution in [-0.4, -0.2) is 41.1 Å². The molecule has 1 aliphatic carbocycles. The van der Waals surface area contributed by atoms with Gasteiger partial charge in [-0.05, 0) is 36.1 Å². The summed E-state index contributed by atoms with van der Waals surface area (Å²) in [7, 11) is 1.42. The van der Waals surface area contributed by atoms with Crippen molar-refractivity contribution in [3.8, 4) is 12.3 Å². The number of terminal acetylenes is 1. The van der Waals surface area contributed by atoms with Crippen LogP contribution in [0.5, 0.6) is 0 Å². The molecular weight excluding hydrogens is 382 g/mol. The molecule has 2 N–H and O–H groups in total. The summed E-state index contributed by atoms with van der Waals surface area (Å²) < 4.78 is 0. The van der Waals surface area contributed by atoms with Crippen LogP contribution >= 0.6 is 0 Å². The van der Waals surface area contributed by atoms with Crippen molar-refractivity contribution in [1.29, 1.82) is 0 Å². The molecule has 0 radical (unpaired) electrons. The molecule has 7 heteroatoms. The van der Waals surface area contributed by atoms with E-state index in [1.807, 2.05) is 13.8 Å². The van der Waals surface area contributed by atoms with E-state index in [0.29, 0.717) is 35.3 Å². The Hall–Kier alpha value is -3.66.